The zero-order valence-electron chi connectivity index (χ0n) is 10.9. The minimum absolute atomic E-state index is 0.127. The Balaban J connectivity index is 2.17. The first kappa shape index (κ1) is 14.1. The quantitative estimate of drug-likeness (QED) is 0.807. The molecule has 0 amide bonds. The highest BCUT2D eigenvalue weighted by Crippen LogP contribution is 2.39. The third-order valence-corrected chi connectivity index (χ3v) is 3.64. The molecule has 1 aliphatic rings. The van der Waals surface area contributed by atoms with E-state index in [2.05, 4.69) is 13.8 Å². The smallest absolute Gasteiger partial charge is 0.193 e. The second kappa shape index (κ2) is 5.38. The van der Waals surface area contributed by atoms with Crippen molar-refractivity contribution < 1.29 is 9.47 Å². The summed E-state index contributed by atoms with van der Waals surface area (Å²) in [6, 6.07) is 5.38. The average molecular weight is 289 g/mol. The van der Waals surface area contributed by atoms with E-state index in [-0.39, 0.29) is 6.10 Å². The van der Waals surface area contributed by atoms with Crippen LogP contribution in [0.5, 0.6) is 0 Å². The maximum atomic E-state index is 6.21. The lowest BCUT2D eigenvalue weighted by Crippen LogP contribution is -2.24. The van der Waals surface area contributed by atoms with Crippen LogP contribution in [0.2, 0.25) is 10.0 Å². The molecule has 1 aromatic carbocycles. The Bertz CT molecular complexity index is 434. The molecule has 18 heavy (non-hydrogen) atoms. The van der Waals surface area contributed by atoms with E-state index in [4.69, 9.17) is 32.7 Å². The molecule has 1 heterocycles. The second-order valence-electron chi connectivity index (χ2n) is 5.25. The molecule has 0 unspecified atom stereocenters. The van der Waals surface area contributed by atoms with Gasteiger partial charge in [0, 0.05) is 10.6 Å². The van der Waals surface area contributed by atoms with Gasteiger partial charge in [0.25, 0.3) is 0 Å². The summed E-state index contributed by atoms with van der Waals surface area (Å²) in [5, 5.41) is 1.19. The highest BCUT2D eigenvalue weighted by molar-refractivity contribution is 6.35. The van der Waals surface area contributed by atoms with Crippen LogP contribution in [-0.4, -0.2) is 12.7 Å². The third-order valence-electron chi connectivity index (χ3n) is 3.09. The van der Waals surface area contributed by atoms with Crippen LogP contribution >= 0.6 is 23.2 Å². The standard InChI is InChI=1S/C14H18Cl2O2/c1-9(2)6-11-8-17-14(3,18-11)12-5-4-10(15)7-13(12)16/h4-5,7,9,11H,6,8H2,1-3H3/t11-,14+/m0/s1. The first-order valence-corrected chi connectivity index (χ1v) is 6.93. The Labute approximate surface area is 118 Å². The monoisotopic (exact) mass is 288 g/mol. The Morgan fingerprint density at radius 2 is 2.11 bits per heavy atom. The fourth-order valence-corrected chi connectivity index (χ4v) is 2.86. The van der Waals surface area contributed by atoms with Crippen LogP contribution in [0.4, 0.5) is 0 Å². The Morgan fingerprint density at radius 3 is 2.72 bits per heavy atom. The van der Waals surface area contributed by atoms with E-state index >= 15 is 0 Å². The highest BCUT2D eigenvalue weighted by Gasteiger charge is 2.40. The molecule has 2 atom stereocenters. The first-order valence-electron chi connectivity index (χ1n) is 6.18. The van der Waals surface area contributed by atoms with Crippen molar-refractivity contribution in [2.24, 2.45) is 5.92 Å². The highest BCUT2D eigenvalue weighted by atomic mass is 35.5. The zero-order valence-corrected chi connectivity index (χ0v) is 12.4. The van der Waals surface area contributed by atoms with Crippen molar-refractivity contribution in [3.63, 3.8) is 0 Å². The minimum Gasteiger partial charge on any atom is -0.343 e. The Morgan fingerprint density at radius 1 is 1.39 bits per heavy atom. The van der Waals surface area contributed by atoms with Gasteiger partial charge in [-0.2, -0.15) is 0 Å². The van der Waals surface area contributed by atoms with Crippen molar-refractivity contribution in [2.45, 2.75) is 39.1 Å². The van der Waals surface area contributed by atoms with E-state index in [0.717, 1.165) is 12.0 Å². The molecular weight excluding hydrogens is 271 g/mol. The van der Waals surface area contributed by atoms with Crippen molar-refractivity contribution in [3.05, 3.63) is 33.8 Å². The van der Waals surface area contributed by atoms with Crippen molar-refractivity contribution in [2.75, 3.05) is 6.61 Å². The molecule has 1 fully saturated rings. The van der Waals surface area contributed by atoms with Crippen molar-refractivity contribution >= 4 is 23.2 Å². The number of halogens is 2. The van der Waals surface area contributed by atoms with Gasteiger partial charge in [0.1, 0.15) is 0 Å². The average Bonchev–Trinajstić information content (AvgIpc) is 2.59. The number of rotatable bonds is 3. The molecule has 0 bridgehead atoms. The van der Waals surface area contributed by atoms with Crippen LogP contribution in [-0.2, 0) is 15.3 Å². The predicted molar refractivity (Wildman–Crippen MR) is 74.1 cm³/mol. The molecule has 0 saturated carbocycles. The molecule has 1 saturated heterocycles. The van der Waals surface area contributed by atoms with Crippen LogP contribution in [0.3, 0.4) is 0 Å². The summed E-state index contributed by atoms with van der Waals surface area (Å²) in [6.07, 6.45) is 1.11. The third kappa shape index (κ3) is 3.00. The maximum Gasteiger partial charge on any atom is 0.193 e. The van der Waals surface area contributed by atoms with Crippen LogP contribution in [0.25, 0.3) is 0 Å². The van der Waals surface area contributed by atoms with Crippen LogP contribution in [0.15, 0.2) is 18.2 Å². The number of ether oxygens (including phenoxy) is 2. The van der Waals surface area contributed by atoms with Gasteiger partial charge >= 0.3 is 0 Å². The largest absolute Gasteiger partial charge is 0.343 e. The number of hydrogen-bond acceptors (Lipinski definition) is 2. The molecular formula is C14H18Cl2O2. The molecule has 0 N–H and O–H groups in total. The topological polar surface area (TPSA) is 18.5 Å². The van der Waals surface area contributed by atoms with E-state index in [1.807, 2.05) is 13.0 Å². The van der Waals surface area contributed by atoms with Gasteiger partial charge in [-0.15, -0.1) is 0 Å². The van der Waals surface area contributed by atoms with E-state index in [0.29, 0.717) is 22.6 Å². The first-order chi connectivity index (χ1) is 8.40. The lowest BCUT2D eigenvalue weighted by Gasteiger charge is -2.25. The molecule has 2 rings (SSSR count). The lowest BCUT2D eigenvalue weighted by molar-refractivity contribution is -0.163. The SMILES string of the molecule is CC(C)C[C@H]1CO[C@@](C)(c2ccc(Cl)cc2Cl)O1. The number of hydrogen-bond donors (Lipinski definition) is 0. The van der Waals surface area contributed by atoms with Crippen LogP contribution in [0.1, 0.15) is 32.8 Å². The van der Waals surface area contributed by atoms with E-state index in [1.165, 1.54) is 0 Å². The van der Waals surface area contributed by atoms with Gasteiger partial charge in [-0.05, 0) is 31.4 Å². The summed E-state index contributed by atoms with van der Waals surface area (Å²) in [5.74, 6) is -0.178. The van der Waals surface area contributed by atoms with Gasteiger partial charge in [0.2, 0.25) is 0 Å². The number of benzene rings is 1. The normalized spacial score (nSPS) is 28.0. The summed E-state index contributed by atoms with van der Waals surface area (Å²) in [6.45, 7) is 6.86. The molecule has 2 nitrogen and oxygen atoms in total. The summed E-state index contributed by atoms with van der Waals surface area (Å²) in [5.41, 5.74) is 0.833. The summed E-state index contributed by atoms with van der Waals surface area (Å²) in [7, 11) is 0. The summed E-state index contributed by atoms with van der Waals surface area (Å²) < 4.78 is 11.8. The molecule has 0 aromatic heterocycles. The molecule has 0 spiro atoms. The van der Waals surface area contributed by atoms with E-state index in [1.54, 1.807) is 12.1 Å². The van der Waals surface area contributed by atoms with Crippen LogP contribution in [0, 0.1) is 5.92 Å². The van der Waals surface area contributed by atoms with Gasteiger partial charge < -0.3 is 9.47 Å². The molecule has 0 radical (unpaired) electrons. The molecule has 1 aromatic rings. The van der Waals surface area contributed by atoms with Crippen molar-refractivity contribution in [3.8, 4) is 0 Å². The van der Waals surface area contributed by atoms with Crippen molar-refractivity contribution in [1.29, 1.82) is 0 Å². The van der Waals surface area contributed by atoms with Gasteiger partial charge in [-0.3, -0.25) is 0 Å². The maximum absolute atomic E-state index is 6.21. The molecule has 4 heteroatoms. The van der Waals surface area contributed by atoms with E-state index in [9.17, 15) is 0 Å². The summed E-state index contributed by atoms with van der Waals surface area (Å²) in [4.78, 5) is 0. The zero-order chi connectivity index (χ0) is 13.3. The lowest BCUT2D eigenvalue weighted by atomic mass is 10.1. The Kier molecular flexibility index (Phi) is 4.22. The fourth-order valence-electron chi connectivity index (χ4n) is 2.28. The van der Waals surface area contributed by atoms with Crippen LogP contribution < -0.4 is 0 Å². The van der Waals surface area contributed by atoms with Gasteiger partial charge in [-0.25, -0.2) is 0 Å². The van der Waals surface area contributed by atoms with Crippen molar-refractivity contribution in [1.82, 2.24) is 0 Å². The van der Waals surface area contributed by atoms with Gasteiger partial charge in [0.05, 0.1) is 17.7 Å². The minimum atomic E-state index is -0.763. The van der Waals surface area contributed by atoms with Gasteiger partial charge in [-0.1, -0.05) is 43.1 Å². The molecule has 100 valence electrons. The summed E-state index contributed by atoms with van der Waals surface area (Å²) >= 11 is 12.1. The predicted octanol–water partition coefficient (Wildman–Crippen LogP) is 4.63. The van der Waals surface area contributed by atoms with Gasteiger partial charge in [0.15, 0.2) is 5.79 Å². The van der Waals surface area contributed by atoms with E-state index < -0.39 is 5.79 Å². The fraction of sp³-hybridized carbons (Fsp3) is 0.571. The Hall–Kier alpha value is -0.280. The second-order valence-corrected chi connectivity index (χ2v) is 6.09. The molecule has 1 aliphatic heterocycles. The molecule has 0 aliphatic carbocycles.